The summed E-state index contributed by atoms with van der Waals surface area (Å²) >= 11 is 1.07. The fourth-order valence-electron chi connectivity index (χ4n) is 3.20. The van der Waals surface area contributed by atoms with Crippen molar-refractivity contribution in [2.45, 2.75) is 18.7 Å². The van der Waals surface area contributed by atoms with E-state index in [1.807, 2.05) is 0 Å². The van der Waals surface area contributed by atoms with Gasteiger partial charge in [-0.25, -0.2) is 0 Å². The van der Waals surface area contributed by atoms with Crippen molar-refractivity contribution in [3.8, 4) is 11.5 Å². The molecule has 2 N–H and O–H groups in total. The number of likely N-dealkylation sites (tertiary alicyclic amines) is 1. The average Bonchev–Trinajstić information content (AvgIpc) is 3.02. The summed E-state index contributed by atoms with van der Waals surface area (Å²) < 4.78 is 75.3. The average molecular weight is 535 g/mol. The van der Waals surface area contributed by atoms with Gasteiger partial charge in [-0.2, -0.15) is 0 Å². The fraction of sp³-hybridized carbons (Fsp3) is 0.350. The molecule has 1 aromatic heterocycles. The van der Waals surface area contributed by atoms with Crippen molar-refractivity contribution in [2.24, 2.45) is 11.7 Å². The molecule has 1 aromatic carbocycles. The number of rotatable bonds is 7. The molecular formula is C20H19AsF5N3O4. The van der Waals surface area contributed by atoms with E-state index < -0.39 is 48.9 Å². The molecule has 1 saturated heterocycles. The van der Waals surface area contributed by atoms with Gasteiger partial charge in [-0.15, -0.1) is 13.2 Å². The molecule has 0 saturated carbocycles. The van der Waals surface area contributed by atoms with Crippen molar-refractivity contribution < 1.29 is 41.0 Å². The summed E-state index contributed by atoms with van der Waals surface area (Å²) in [6.45, 7) is -1.49. The predicted octanol–water partition coefficient (Wildman–Crippen LogP) is 1.05. The zero-order chi connectivity index (χ0) is 24.4. The summed E-state index contributed by atoms with van der Waals surface area (Å²) in [6.07, 6.45) is -3.84. The number of hydrogen-bond donors (Lipinski definition) is 1. The fourth-order valence-corrected chi connectivity index (χ4v) is 3.71. The first kappa shape index (κ1) is 24.8. The van der Waals surface area contributed by atoms with E-state index in [0.717, 1.165) is 33.9 Å². The molecule has 2 aromatic rings. The Labute approximate surface area is 193 Å². The molecule has 1 aliphatic heterocycles. The Morgan fingerprint density at radius 3 is 2.52 bits per heavy atom. The first-order valence-electron chi connectivity index (χ1n) is 9.52. The molecule has 0 aliphatic carbocycles. The number of amides is 2. The van der Waals surface area contributed by atoms with Crippen molar-refractivity contribution >= 4 is 33.1 Å². The standard InChI is InChI=1S/C20H19AsF5N3O4/c21-17-15(6-12(7-28-17)18(27)31)32-9-13-8-29(10-19(13,22)23)16(30)5-11-1-3-14(4-2-11)33-20(24,25)26/h1-4,6-7,13H,5,8-10,21H2,(H2,27,31). The first-order chi connectivity index (χ1) is 15.3. The molecule has 2 atom stereocenters. The van der Waals surface area contributed by atoms with Crippen LogP contribution in [0, 0.1) is 5.92 Å². The third kappa shape index (κ3) is 6.56. The van der Waals surface area contributed by atoms with Crippen molar-refractivity contribution in [3.05, 3.63) is 47.7 Å². The molecular weight excluding hydrogens is 516 g/mol. The van der Waals surface area contributed by atoms with Gasteiger partial charge in [0, 0.05) is 0 Å². The molecule has 1 fully saturated rings. The number of carbonyl (C=O) groups excluding carboxylic acids is 2. The van der Waals surface area contributed by atoms with Crippen LogP contribution in [0.4, 0.5) is 22.0 Å². The number of nitrogens with two attached hydrogens (primary N) is 1. The molecule has 0 bridgehead atoms. The van der Waals surface area contributed by atoms with E-state index >= 15 is 0 Å². The van der Waals surface area contributed by atoms with Crippen molar-refractivity contribution in [3.63, 3.8) is 0 Å². The zero-order valence-electron chi connectivity index (χ0n) is 16.9. The number of halogens is 5. The van der Waals surface area contributed by atoms with E-state index in [1.54, 1.807) is 0 Å². The van der Waals surface area contributed by atoms with Crippen LogP contribution in [0.5, 0.6) is 11.5 Å². The molecule has 2 unspecified atom stereocenters. The Morgan fingerprint density at radius 1 is 1.24 bits per heavy atom. The maximum absolute atomic E-state index is 14.5. The Balaban J connectivity index is 1.60. The van der Waals surface area contributed by atoms with Crippen LogP contribution < -0.4 is 19.7 Å². The minimum atomic E-state index is -4.84. The molecule has 2 amide bonds. The third-order valence-electron chi connectivity index (χ3n) is 4.91. The molecule has 2 heterocycles. The van der Waals surface area contributed by atoms with Crippen LogP contribution >= 0.6 is 0 Å². The summed E-state index contributed by atoms with van der Waals surface area (Å²) in [5.41, 5.74) is 5.62. The Morgan fingerprint density at radius 2 is 1.91 bits per heavy atom. The number of benzene rings is 1. The van der Waals surface area contributed by atoms with Gasteiger partial charge in [0.25, 0.3) is 0 Å². The molecule has 0 radical (unpaired) electrons. The van der Waals surface area contributed by atoms with Gasteiger partial charge in [0.15, 0.2) is 0 Å². The van der Waals surface area contributed by atoms with Crippen LogP contribution in [-0.2, 0) is 11.2 Å². The Hall–Kier alpha value is -2.88. The second-order valence-electron chi connectivity index (χ2n) is 7.38. The summed E-state index contributed by atoms with van der Waals surface area (Å²) in [4.78, 5) is 28.7. The van der Waals surface area contributed by atoms with Crippen molar-refractivity contribution in [1.29, 1.82) is 0 Å². The van der Waals surface area contributed by atoms with Crippen LogP contribution in [0.1, 0.15) is 15.9 Å². The Bertz CT molecular complexity index is 1030. The second kappa shape index (κ2) is 9.54. The molecule has 1 aliphatic rings. The Kier molecular flexibility index (Phi) is 7.16. The monoisotopic (exact) mass is 535 g/mol. The van der Waals surface area contributed by atoms with E-state index in [2.05, 4.69) is 9.72 Å². The van der Waals surface area contributed by atoms with Crippen molar-refractivity contribution in [2.75, 3.05) is 19.7 Å². The number of primary amides is 1. The van der Waals surface area contributed by atoms with Crippen LogP contribution in [0.15, 0.2) is 36.5 Å². The van der Waals surface area contributed by atoms with Gasteiger partial charge in [0.2, 0.25) is 0 Å². The van der Waals surface area contributed by atoms with Gasteiger partial charge >= 0.3 is 170 Å². The van der Waals surface area contributed by atoms with Crippen LogP contribution in [0.2, 0.25) is 0 Å². The van der Waals surface area contributed by atoms with Gasteiger partial charge < -0.3 is 4.74 Å². The number of aromatic nitrogens is 1. The topological polar surface area (TPSA) is 94.8 Å². The third-order valence-corrected chi connectivity index (χ3v) is 5.82. The van der Waals surface area contributed by atoms with Crippen LogP contribution in [0.25, 0.3) is 0 Å². The number of hydrogen-bond acceptors (Lipinski definition) is 5. The molecule has 3 rings (SSSR count). The SMILES string of the molecule is NC(=O)c1cnc([AsH2])c(OCC2CN(C(=O)Cc3ccc(OC(F)(F)F)cc3)CC2(F)F)c1. The first-order valence-corrected chi connectivity index (χ1v) is 10.7. The summed E-state index contributed by atoms with van der Waals surface area (Å²) in [5, 5.41) is 0. The zero-order valence-corrected chi connectivity index (χ0v) is 19.4. The predicted molar refractivity (Wildman–Crippen MR) is 108 cm³/mol. The molecule has 0 spiro atoms. The maximum atomic E-state index is 14.5. The molecule has 7 nitrogen and oxygen atoms in total. The van der Waals surface area contributed by atoms with E-state index in [0.29, 0.717) is 10.0 Å². The molecule has 13 heteroatoms. The van der Waals surface area contributed by atoms with Gasteiger partial charge in [-0.1, -0.05) is 0 Å². The van der Waals surface area contributed by atoms with E-state index in [4.69, 9.17) is 10.5 Å². The summed E-state index contributed by atoms with van der Waals surface area (Å²) in [6, 6.07) is 5.94. The molecule has 33 heavy (non-hydrogen) atoms. The van der Waals surface area contributed by atoms with Crippen LogP contribution in [0.3, 0.4) is 0 Å². The number of alkyl halides is 5. The minimum absolute atomic E-state index is 0.0769. The quantitative estimate of drug-likeness (QED) is 0.423. The van der Waals surface area contributed by atoms with Crippen molar-refractivity contribution in [1.82, 2.24) is 9.88 Å². The molecule has 178 valence electrons. The van der Waals surface area contributed by atoms with E-state index in [9.17, 15) is 31.5 Å². The number of ether oxygens (including phenoxy) is 2. The van der Waals surface area contributed by atoms with E-state index in [1.165, 1.54) is 24.4 Å². The number of carbonyl (C=O) groups is 2. The normalized spacial score (nSPS) is 17.6. The van der Waals surface area contributed by atoms with Gasteiger partial charge in [0.05, 0.1) is 0 Å². The van der Waals surface area contributed by atoms with E-state index in [-0.39, 0.29) is 24.3 Å². The van der Waals surface area contributed by atoms with Gasteiger partial charge in [-0.05, 0) is 0 Å². The summed E-state index contributed by atoms with van der Waals surface area (Å²) in [5.74, 6) is -6.14. The number of nitrogens with zero attached hydrogens (tertiary/aromatic N) is 2. The van der Waals surface area contributed by atoms with Crippen LogP contribution in [-0.4, -0.2) is 70.5 Å². The summed E-state index contributed by atoms with van der Waals surface area (Å²) in [7, 11) is 0. The van der Waals surface area contributed by atoms with Gasteiger partial charge in [-0.3, -0.25) is 0 Å². The second-order valence-corrected chi connectivity index (χ2v) is 8.53. The van der Waals surface area contributed by atoms with Gasteiger partial charge in [0.1, 0.15) is 5.75 Å². The number of pyridine rings is 1.